The minimum atomic E-state index is -0.529. The van der Waals surface area contributed by atoms with E-state index in [9.17, 15) is 14.9 Å². The predicted molar refractivity (Wildman–Crippen MR) is 71.1 cm³/mol. The summed E-state index contributed by atoms with van der Waals surface area (Å²) in [6.07, 6.45) is 0.545. The largest absolute Gasteiger partial charge is 0.495 e. The van der Waals surface area contributed by atoms with E-state index in [4.69, 9.17) is 10.5 Å². The molecule has 0 saturated carbocycles. The number of carbonyl (C=O) groups excluding carboxylic acids is 1. The van der Waals surface area contributed by atoms with Gasteiger partial charge in [0.1, 0.15) is 5.75 Å². The molecule has 3 N–H and O–H groups in total. The summed E-state index contributed by atoms with van der Waals surface area (Å²) >= 11 is 0. The quantitative estimate of drug-likeness (QED) is 0.600. The molecule has 0 aliphatic rings. The van der Waals surface area contributed by atoms with E-state index in [1.807, 2.05) is 0 Å². The van der Waals surface area contributed by atoms with Crippen LogP contribution in [0.15, 0.2) is 18.2 Å². The van der Waals surface area contributed by atoms with E-state index < -0.39 is 4.92 Å². The second-order valence-electron chi connectivity index (χ2n) is 4.11. The van der Waals surface area contributed by atoms with Gasteiger partial charge >= 0.3 is 0 Å². The molecule has 1 unspecified atom stereocenters. The number of ether oxygens (including phenoxy) is 1. The Balaban J connectivity index is 2.94. The number of carbonyl (C=O) groups is 1. The summed E-state index contributed by atoms with van der Waals surface area (Å²) in [5.41, 5.74) is 5.56. The monoisotopic (exact) mass is 267 g/mol. The van der Waals surface area contributed by atoms with Crippen molar-refractivity contribution in [3.63, 3.8) is 0 Å². The topological polar surface area (TPSA) is 107 Å². The SMILES string of the molecule is COc1ccc([N+](=O)[O-])cc1NC(=O)C(C)CCN. The molecule has 1 aromatic rings. The van der Waals surface area contributed by atoms with Gasteiger partial charge in [-0.05, 0) is 19.0 Å². The van der Waals surface area contributed by atoms with Gasteiger partial charge in [0, 0.05) is 18.1 Å². The number of benzene rings is 1. The third-order valence-corrected chi connectivity index (χ3v) is 2.70. The number of rotatable bonds is 6. The van der Waals surface area contributed by atoms with Crippen molar-refractivity contribution in [1.82, 2.24) is 0 Å². The number of nitrogens with two attached hydrogens (primary N) is 1. The number of nitrogens with one attached hydrogen (secondary N) is 1. The molecule has 19 heavy (non-hydrogen) atoms. The summed E-state index contributed by atoms with van der Waals surface area (Å²) in [5.74, 6) is -0.142. The molecule has 1 amide bonds. The zero-order valence-electron chi connectivity index (χ0n) is 10.9. The summed E-state index contributed by atoms with van der Waals surface area (Å²) in [6, 6.07) is 4.03. The lowest BCUT2D eigenvalue weighted by Crippen LogP contribution is -2.23. The van der Waals surface area contributed by atoms with E-state index in [0.29, 0.717) is 18.7 Å². The molecule has 1 rings (SSSR count). The van der Waals surface area contributed by atoms with E-state index in [2.05, 4.69) is 5.32 Å². The number of nitrogens with zero attached hydrogens (tertiary/aromatic N) is 1. The maximum absolute atomic E-state index is 11.9. The first-order chi connectivity index (χ1) is 8.99. The number of non-ortho nitro benzene ring substituents is 1. The number of nitro groups is 1. The first-order valence-electron chi connectivity index (χ1n) is 5.83. The molecule has 104 valence electrons. The third-order valence-electron chi connectivity index (χ3n) is 2.70. The zero-order chi connectivity index (χ0) is 14.4. The standard InChI is InChI=1S/C12H17N3O4/c1-8(5-6-13)12(16)14-10-7-9(15(17)18)3-4-11(10)19-2/h3-4,7-8H,5-6,13H2,1-2H3,(H,14,16). The Kier molecular flexibility index (Phi) is 5.25. The fourth-order valence-corrected chi connectivity index (χ4v) is 1.54. The Morgan fingerprint density at radius 3 is 2.79 bits per heavy atom. The lowest BCUT2D eigenvalue weighted by molar-refractivity contribution is -0.384. The summed E-state index contributed by atoms with van der Waals surface area (Å²) in [5, 5.41) is 13.3. The normalized spacial score (nSPS) is 11.7. The minimum Gasteiger partial charge on any atom is -0.495 e. The second-order valence-corrected chi connectivity index (χ2v) is 4.11. The van der Waals surface area contributed by atoms with Gasteiger partial charge in [0.05, 0.1) is 17.7 Å². The number of hydrogen-bond donors (Lipinski definition) is 2. The highest BCUT2D eigenvalue weighted by Crippen LogP contribution is 2.29. The van der Waals surface area contributed by atoms with Crippen LogP contribution < -0.4 is 15.8 Å². The van der Waals surface area contributed by atoms with Crippen LogP contribution in [-0.2, 0) is 4.79 Å². The molecule has 0 radical (unpaired) electrons. The lowest BCUT2D eigenvalue weighted by atomic mass is 10.1. The minimum absolute atomic E-state index is 0.109. The summed E-state index contributed by atoms with van der Waals surface area (Å²) in [6.45, 7) is 2.15. The van der Waals surface area contributed by atoms with E-state index in [0.717, 1.165) is 0 Å². The van der Waals surface area contributed by atoms with Gasteiger partial charge in [0.2, 0.25) is 5.91 Å². The van der Waals surface area contributed by atoms with E-state index >= 15 is 0 Å². The molecule has 0 spiro atoms. The van der Waals surface area contributed by atoms with Crippen LogP contribution in [0.4, 0.5) is 11.4 Å². The van der Waals surface area contributed by atoms with Crippen LogP contribution in [0.1, 0.15) is 13.3 Å². The molecule has 0 aliphatic heterocycles. The molecule has 7 heteroatoms. The maximum atomic E-state index is 11.9. The Bertz CT molecular complexity index is 476. The molecular weight excluding hydrogens is 250 g/mol. The molecule has 1 aromatic carbocycles. The van der Waals surface area contributed by atoms with Gasteiger partial charge < -0.3 is 15.8 Å². The average molecular weight is 267 g/mol. The second kappa shape index (κ2) is 6.69. The average Bonchev–Trinajstić information content (AvgIpc) is 2.38. The Morgan fingerprint density at radius 2 is 2.26 bits per heavy atom. The van der Waals surface area contributed by atoms with Gasteiger partial charge in [0.25, 0.3) is 5.69 Å². The number of methoxy groups -OCH3 is 1. The number of hydrogen-bond acceptors (Lipinski definition) is 5. The highest BCUT2D eigenvalue weighted by molar-refractivity contribution is 5.94. The Morgan fingerprint density at radius 1 is 1.58 bits per heavy atom. The maximum Gasteiger partial charge on any atom is 0.271 e. The highest BCUT2D eigenvalue weighted by Gasteiger charge is 2.17. The van der Waals surface area contributed by atoms with Crippen molar-refractivity contribution >= 4 is 17.3 Å². The van der Waals surface area contributed by atoms with Crippen molar-refractivity contribution in [3.8, 4) is 5.75 Å². The number of anilines is 1. The first kappa shape index (κ1) is 14.9. The zero-order valence-corrected chi connectivity index (χ0v) is 10.9. The van der Waals surface area contributed by atoms with Crippen LogP contribution in [0.3, 0.4) is 0 Å². The Hall–Kier alpha value is -2.15. The molecule has 0 heterocycles. The predicted octanol–water partition coefficient (Wildman–Crippen LogP) is 1.53. The Labute approximate surface area is 110 Å². The van der Waals surface area contributed by atoms with Crippen molar-refractivity contribution in [2.45, 2.75) is 13.3 Å². The summed E-state index contributed by atoms with van der Waals surface area (Å²) in [7, 11) is 1.43. The van der Waals surface area contributed by atoms with Crippen molar-refractivity contribution in [1.29, 1.82) is 0 Å². The van der Waals surface area contributed by atoms with E-state index in [-0.39, 0.29) is 23.2 Å². The first-order valence-corrected chi connectivity index (χ1v) is 5.83. The van der Waals surface area contributed by atoms with E-state index in [1.165, 1.54) is 25.3 Å². The molecule has 0 fully saturated rings. The van der Waals surface area contributed by atoms with Crippen molar-refractivity contribution in [3.05, 3.63) is 28.3 Å². The van der Waals surface area contributed by atoms with Crippen LogP contribution in [-0.4, -0.2) is 24.5 Å². The van der Waals surface area contributed by atoms with E-state index in [1.54, 1.807) is 6.92 Å². The molecule has 0 bridgehead atoms. The number of nitro benzene ring substituents is 1. The molecule has 0 aromatic heterocycles. The van der Waals surface area contributed by atoms with Gasteiger partial charge in [-0.1, -0.05) is 6.92 Å². The number of amides is 1. The fraction of sp³-hybridized carbons (Fsp3) is 0.417. The van der Waals surface area contributed by atoms with Crippen LogP contribution in [0, 0.1) is 16.0 Å². The van der Waals surface area contributed by atoms with Gasteiger partial charge in [-0.2, -0.15) is 0 Å². The molecule has 0 aliphatic carbocycles. The lowest BCUT2D eigenvalue weighted by Gasteiger charge is -2.13. The van der Waals surface area contributed by atoms with Crippen LogP contribution in [0.2, 0.25) is 0 Å². The van der Waals surface area contributed by atoms with Crippen molar-refractivity contribution in [2.24, 2.45) is 11.7 Å². The van der Waals surface area contributed by atoms with Gasteiger partial charge in [-0.25, -0.2) is 0 Å². The summed E-state index contributed by atoms with van der Waals surface area (Å²) in [4.78, 5) is 22.0. The fourth-order valence-electron chi connectivity index (χ4n) is 1.54. The molecule has 7 nitrogen and oxygen atoms in total. The van der Waals surface area contributed by atoms with Crippen LogP contribution >= 0.6 is 0 Å². The highest BCUT2D eigenvalue weighted by atomic mass is 16.6. The van der Waals surface area contributed by atoms with Gasteiger partial charge in [0.15, 0.2) is 0 Å². The molecule has 0 saturated heterocycles. The third kappa shape index (κ3) is 3.92. The van der Waals surface area contributed by atoms with Crippen molar-refractivity contribution in [2.75, 3.05) is 19.0 Å². The summed E-state index contributed by atoms with van der Waals surface area (Å²) < 4.78 is 5.06. The van der Waals surface area contributed by atoms with Gasteiger partial charge in [-0.15, -0.1) is 0 Å². The van der Waals surface area contributed by atoms with Gasteiger partial charge in [-0.3, -0.25) is 14.9 Å². The van der Waals surface area contributed by atoms with Crippen LogP contribution in [0.25, 0.3) is 0 Å². The van der Waals surface area contributed by atoms with Crippen LogP contribution in [0.5, 0.6) is 5.75 Å². The molecule has 1 atom stereocenters. The van der Waals surface area contributed by atoms with Crippen molar-refractivity contribution < 1.29 is 14.5 Å². The molecular formula is C12H17N3O4. The smallest absolute Gasteiger partial charge is 0.271 e.